The smallest absolute Gasteiger partial charge is 0.292 e. The molecular weight excluding hydrogens is 436 g/mol. The highest BCUT2D eigenvalue weighted by atomic mass is 79.9. The summed E-state index contributed by atoms with van der Waals surface area (Å²) < 4.78 is 0.890. The number of nitrogens with zero attached hydrogens (tertiary/aromatic N) is 2. The number of thioether (sulfide) groups is 1. The normalized spacial score (nSPS) is 15.4. The molecule has 9 heteroatoms. The monoisotopic (exact) mass is 446 g/mol. The average molecular weight is 447 g/mol. The van der Waals surface area contributed by atoms with Crippen LogP contribution in [0.25, 0.3) is 6.08 Å². The van der Waals surface area contributed by atoms with E-state index in [1.54, 1.807) is 18.2 Å². The van der Waals surface area contributed by atoms with E-state index < -0.39 is 28.4 Å². The summed E-state index contributed by atoms with van der Waals surface area (Å²) >= 11 is 4.09. The zero-order chi connectivity index (χ0) is 19.6. The maximum absolute atomic E-state index is 12.5. The number of carbonyl (C=O) groups excluding carboxylic acids is 3. The molecule has 0 unspecified atom stereocenters. The quantitative estimate of drug-likeness (QED) is 0.294. The highest BCUT2D eigenvalue weighted by Gasteiger charge is 2.36. The van der Waals surface area contributed by atoms with Gasteiger partial charge in [0.15, 0.2) is 5.78 Å². The molecule has 1 fully saturated rings. The second-order valence-corrected chi connectivity index (χ2v) is 7.46. The number of Topliss-reactive ketones (excluding diaryl/α,β-unsaturated/α-hetero) is 1. The highest BCUT2D eigenvalue weighted by molar-refractivity contribution is 9.10. The summed E-state index contributed by atoms with van der Waals surface area (Å²) in [5, 5.41) is 10.1. The first-order valence-corrected chi connectivity index (χ1v) is 9.24. The molecule has 27 heavy (non-hydrogen) atoms. The standard InChI is InChI=1S/C18H11BrN2O5S/c19-13-5-1-11(2-6-13)9-16-17(23)20(18(24)27-16)10-15(22)12-3-7-14(8-4-12)21(25)26/h1-9H,10H2/b16-9-. The van der Waals surface area contributed by atoms with Gasteiger partial charge in [-0.25, -0.2) is 0 Å². The lowest BCUT2D eigenvalue weighted by Gasteiger charge is -2.11. The Labute approximate surface area is 166 Å². The van der Waals surface area contributed by atoms with Gasteiger partial charge in [-0.2, -0.15) is 0 Å². The zero-order valence-corrected chi connectivity index (χ0v) is 16.0. The molecule has 3 rings (SSSR count). The van der Waals surface area contributed by atoms with E-state index in [-0.39, 0.29) is 16.2 Å². The Morgan fingerprint density at radius 2 is 1.74 bits per heavy atom. The van der Waals surface area contributed by atoms with Crippen LogP contribution in [-0.2, 0) is 4.79 Å². The van der Waals surface area contributed by atoms with Crippen molar-refractivity contribution < 1.29 is 19.3 Å². The van der Waals surface area contributed by atoms with Crippen LogP contribution in [0, 0.1) is 10.1 Å². The lowest BCUT2D eigenvalue weighted by molar-refractivity contribution is -0.384. The summed E-state index contributed by atoms with van der Waals surface area (Å²) in [6, 6.07) is 12.2. The number of halogens is 1. The molecule has 0 aromatic heterocycles. The molecule has 1 saturated heterocycles. The van der Waals surface area contributed by atoms with Gasteiger partial charge in [0.2, 0.25) is 0 Å². The summed E-state index contributed by atoms with van der Waals surface area (Å²) in [6.07, 6.45) is 1.59. The molecule has 2 aromatic rings. The molecule has 0 aliphatic carbocycles. The predicted molar refractivity (Wildman–Crippen MR) is 104 cm³/mol. The fourth-order valence-electron chi connectivity index (χ4n) is 2.35. The van der Waals surface area contributed by atoms with Crippen LogP contribution >= 0.6 is 27.7 Å². The zero-order valence-electron chi connectivity index (χ0n) is 13.6. The van der Waals surface area contributed by atoms with E-state index in [0.717, 1.165) is 26.7 Å². The molecule has 136 valence electrons. The number of ketones is 1. The van der Waals surface area contributed by atoms with E-state index in [1.165, 1.54) is 24.3 Å². The minimum atomic E-state index is -0.572. The van der Waals surface area contributed by atoms with E-state index >= 15 is 0 Å². The Bertz CT molecular complexity index is 970. The third-order valence-corrected chi connectivity index (χ3v) is 5.18. The molecule has 0 N–H and O–H groups in total. The maximum atomic E-state index is 12.5. The summed E-state index contributed by atoms with van der Waals surface area (Å²) in [4.78, 5) is 48.1. The lowest BCUT2D eigenvalue weighted by atomic mass is 10.1. The van der Waals surface area contributed by atoms with Crippen LogP contribution in [0.3, 0.4) is 0 Å². The van der Waals surface area contributed by atoms with Gasteiger partial charge in [0.05, 0.1) is 16.4 Å². The van der Waals surface area contributed by atoms with Crippen LogP contribution < -0.4 is 0 Å². The van der Waals surface area contributed by atoms with Gasteiger partial charge in [0, 0.05) is 22.2 Å². The Balaban J connectivity index is 1.74. The number of carbonyl (C=O) groups is 3. The summed E-state index contributed by atoms with van der Waals surface area (Å²) in [5.41, 5.74) is 0.803. The lowest BCUT2D eigenvalue weighted by Crippen LogP contribution is -2.33. The number of nitro benzene ring substituents is 1. The van der Waals surface area contributed by atoms with E-state index in [2.05, 4.69) is 15.9 Å². The molecule has 2 aromatic carbocycles. The van der Waals surface area contributed by atoms with Crippen molar-refractivity contribution in [3.05, 3.63) is 79.2 Å². The Morgan fingerprint density at radius 3 is 2.33 bits per heavy atom. The molecule has 0 bridgehead atoms. The summed E-state index contributed by atoms with van der Waals surface area (Å²) in [5.74, 6) is -1.01. The van der Waals surface area contributed by atoms with E-state index in [0.29, 0.717) is 0 Å². The fraction of sp³-hybridized carbons (Fsp3) is 0.0556. The van der Waals surface area contributed by atoms with Gasteiger partial charge in [-0.05, 0) is 47.7 Å². The van der Waals surface area contributed by atoms with Crippen molar-refractivity contribution in [2.24, 2.45) is 0 Å². The molecule has 1 heterocycles. The van der Waals surface area contributed by atoms with Crippen LogP contribution in [-0.4, -0.2) is 33.3 Å². The van der Waals surface area contributed by atoms with Crippen LogP contribution in [0.5, 0.6) is 0 Å². The molecular formula is C18H11BrN2O5S. The molecule has 0 saturated carbocycles. The van der Waals surface area contributed by atoms with Gasteiger partial charge in [0.25, 0.3) is 16.8 Å². The topological polar surface area (TPSA) is 97.6 Å². The fourth-order valence-corrected chi connectivity index (χ4v) is 3.45. The number of benzene rings is 2. The third kappa shape index (κ3) is 4.32. The highest BCUT2D eigenvalue weighted by Crippen LogP contribution is 2.32. The number of amides is 2. The second kappa shape index (κ2) is 7.85. The SMILES string of the molecule is O=C(CN1C(=O)S/C(=C\c2ccc(Br)cc2)C1=O)c1ccc([N+](=O)[O-])cc1. The molecule has 1 aliphatic rings. The summed E-state index contributed by atoms with van der Waals surface area (Å²) in [7, 11) is 0. The Kier molecular flexibility index (Phi) is 5.52. The third-order valence-electron chi connectivity index (χ3n) is 3.74. The van der Waals surface area contributed by atoms with Crippen molar-refractivity contribution in [3.8, 4) is 0 Å². The minimum absolute atomic E-state index is 0.143. The first-order chi connectivity index (χ1) is 12.8. The van der Waals surface area contributed by atoms with Crippen molar-refractivity contribution in [1.29, 1.82) is 0 Å². The van der Waals surface area contributed by atoms with Gasteiger partial charge < -0.3 is 0 Å². The number of rotatable bonds is 5. The average Bonchev–Trinajstić information content (AvgIpc) is 2.91. The van der Waals surface area contributed by atoms with Crippen molar-refractivity contribution in [2.45, 2.75) is 0 Å². The van der Waals surface area contributed by atoms with Gasteiger partial charge in [-0.1, -0.05) is 28.1 Å². The van der Waals surface area contributed by atoms with Crippen LogP contribution in [0.1, 0.15) is 15.9 Å². The van der Waals surface area contributed by atoms with Gasteiger partial charge >= 0.3 is 0 Å². The Morgan fingerprint density at radius 1 is 1.11 bits per heavy atom. The van der Waals surface area contributed by atoms with Crippen molar-refractivity contribution >= 4 is 56.4 Å². The predicted octanol–water partition coefficient (Wildman–Crippen LogP) is 4.28. The Hall–Kier alpha value is -2.78. The molecule has 7 nitrogen and oxygen atoms in total. The van der Waals surface area contributed by atoms with Crippen molar-refractivity contribution in [3.63, 3.8) is 0 Å². The molecule has 0 spiro atoms. The molecule has 1 aliphatic heterocycles. The largest absolute Gasteiger partial charge is 0.293 e. The maximum Gasteiger partial charge on any atom is 0.293 e. The van der Waals surface area contributed by atoms with Gasteiger partial charge in [0.1, 0.15) is 0 Å². The van der Waals surface area contributed by atoms with E-state index in [4.69, 9.17) is 0 Å². The first kappa shape index (κ1) is 19.0. The molecule has 2 amide bonds. The minimum Gasteiger partial charge on any atom is -0.292 e. The van der Waals surface area contributed by atoms with Crippen molar-refractivity contribution in [1.82, 2.24) is 4.90 Å². The second-order valence-electron chi connectivity index (χ2n) is 5.55. The van der Waals surface area contributed by atoms with Crippen LogP contribution in [0.4, 0.5) is 10.5 Å². The van der Waals surface area contributed by atoms with Gasteiger partial charge in [-0.3, -0.25) is 29.4 Å². The van der Waals surface area contributed by atoms with Crippen molar-refractivity contribution in [2.75, 3.05) is 6.54 Å². The molecule has 0 radical (unpaired) electrons. The van der Waals surface area contributed by atoms with Crippen LogP contribution in [0.2, 0.25) is 0 Å². The first-order valence-electron chi connectivity index (χ1n) is 7.64. The van der Waals surface area contributed by atoms with E-state index in [9.17, 15) is 24.5 Å². The number of hydrogen-bond acceptors (Lipinski definition) is 6. The number of hydrogen-bond donors (Lipinski definition) is 0. The number of non-ortho nitro benzene ring substituents is 1. The molecule has 0 atom stereocenters. The summed E-state index contributed by atoms with van der Waals surface area (Å²) in [6.45, 7) is -0.417. The van der Waals surface area contributed by atoms with Crippen LogP contribution in [0.15, 0.2) is 57.9 Å². The number of imide groups is 1. The van der Waals surface area contributed by atoms with E-state index in [1.807, 2.05) is 12.1 Å². The number of nitro groups is 1. The van der Waals surface area contributed by atoms with Gasteiger partial charge in [-0.15, -0.1) is 0 Å².